The summed E-state index contributed by atoms with van der Waals surface area (Å²) in [6.07, 6.45) is 0. The maximum Gasteiger partial charge on any atom is 0.308 e. The van der Waals surface area contributed by atoms with E-state index >= 15 is 0 Å². The zero-order valence-electron chi connectivity index (χ0n) is 11.6. The number of fused-ring (bicyclic) bond motifs is 4. The normalized spacial score (nSPS) is 11.5. The van der Waals surface area contributed by atoms with Gasteiger partial charge in [0.2, 0.25) is 0 Å². The SMILES string of the molecule is COc1ccc(-n2n3c4ccccc4n23)c(OC(C)=O)c1. The van der Waals surface area contributed by atoms with Crippen molar-refractivity contribution < 1.29 is 14.3 Å². The van der Waals surface area contributed by atoms with E-state index in [9.17, 15) is 4.79 Å². The van der Waals surface area contributed by atoms with Crippen molar-refractivity contribution in [2.75, 3.05) is 7.11 Å². The molecule has 0 bridgehead atoms. The van der Waals surface area contributed by atoms with Gasteiger partial charge in [-0.2, -0.15) is 0 Å². The molecule has 0 atom stereocenters. The standard InChI is InChI=1S/C15H13N3O3/c1-10(19)21-15-9-11(20-2)7-8-14(15)18-16-12-5-3-4-6-13(12)17(16)18/h3-9H,1-2H3. The third-order valence-corrected chi connectivity index (χ3v) is 3.46. The Morgan fingerprint density at radius 1 is 1.05 bits per heavy atom. The van der Waals surface area contributed by atoms with Crippen LogP contribution in [0.25, 0.3) is 16.7 Å². The summed E-state index contributed by atoms with van der Waals surface area (Å²) in [5.74, 6) is 0.759. The molecular formula is C15H13N3O3. The number of para-hydroxylation sites is 2. The fourth-order valence-corrected chi connectivity index (χ4v) is 2.52. The van der Waals surface area contributed by atoms with Gasteiger partial charge in [0, 0.05) is 13.0 Å². The summed E-state index contributed by atoms with van der Waals surface area (Å²) < 4.78 is 14.5. The van der Waals surface area contributed by atoms with Gasteiger partial charge in [0.15, 0.2) is 5.75 Å². The molecule has 0 unspecified atom stereocenters. The van der Waals surface area contributed by atoms with Crippen LogP contribution in [0.15, 0.2) is 42.5 Å². The Labute approximate surface area is 120 Å². The molecule has 0 saturated carbocycles. The van der Waals surface area contributed by atoms with Crippen LogP contribution in [0.2, 0.25) is 0 Å². The van der Waals surface area contributed by atoms with Gasteiger partial charge in [-0.05, 0) is 24.3 Å². The highest BCUT2D eigenvalue weighted by Crippen LogP contribution is 2.33. The fourth-order valence-electron chi connectivity index (χ4n) is 2.52. The molecule has 106 valence electrons. The monoisotopic (exact) mass is 283 g/mol. The lowest BCUT2D eigenvalue weighted by Crippen LogP contribution is -2.04. The Morgan fingerprint density at radius 2 is 1.71 bits per heavy atom. The number of ether oxygens (including phenoxy) is 2. The van der Waals surface area contributed by atoms with Crippen LogP contribution < -0.4 is 9.47 Å². The van der Waals surface area contributed by atoms with Crippen molar-refractivity contribution in [2.45, 2.75) is 6.92 Å². The van der Waals surface area contributed by atoms with Gasteiger partial charge in [-0.15, -0.1) is 14.1 Å². The van der Waals surface area contributed by atoms with E-state index in [4.69, 9.17) is 9.47 Å². The minimum absolute atomic E-state index is 0.360. The summed E-state index contributed by atoms with van der Waals surface area (Å²) in [7, 11) is 1.58. The first-order chi connectivity index (χ1) is 10.2. The highest BCUT2D eigenvalue weighted by molar-refractivity contribution is 5.80. The summed E-state index contributed by atoms with van der Waals surface area (Å²) in [4.78, 5) is 13.2. The van der Waals surface area contributed by atoms with Crippen LogP contribution >= 0.6 is 0 Å². The first-order valence-electron chi connectivity index (χ1n) is 6.56. The Hall–Kier alpha value is -2.89. The molecule has 0 aliphatic carbocycles. The molecule has 6 nitrogen and oxygen atoms in total. The fraction of sp³-hybridized carbons (Fsp3) is 0.133. The van der Waals surface area contributed by atoms with Crippen LogP contribution in [0.1, 0.15) is 6.92 Å². The first kappa shape index (κ1) is 11.9. The smallest absolute Gasteiger partial charge is 0.308 e. The first-order valence-corrected chi connectivity index (χ1v) is 6.56. The van der Waals surface area contributed by atoms with Gasteiger partial charge in [-0.1, -0.05) is 12.1 Å². The minimum Gasteiger partial charge on any atom is -0.497 e. The van der Waals surface area contributed by atoms with Gasteiger partial charge in [-0.3, -0.25) is 4.79 Å². The van der Waals surface area contributed by atoms with E-state index in [0.717, 1.165) is 16.7 Å². The number of carbonyl (C=O) groups is 1. The maximum atomic E-state index is 11.3. The summed E-state index contributed by atoms with van der Waals surface area (Å²) in [5, 5.41) is 0. The van der Waals surface area contributed by atoms with Gasteiger partial charge in [0.25, 0.3) is 0 Å². The molecule has 4 rings (SSSR count). The van der Waals surface area contributed by atoms with E-state index in [2.05, 4.69) is 0 Å². The van der Waals surface area contributed by atoms with E-state index in [-0.39, 0.29) is 5.97 Å². The summed E-state index contributed by atoms with van der Waals surface area (Å²) in [6, 6.07) is 13.5. The Balaban J connectivity index is 1.87. The van der Waals surface area contributed by atoms with Gasteiger partial charge >= 0.3 is 5.97 Å². The highest BCUT2D eigenvalue weighted by Gasteiger charge is 2.26. The number of esters is 1. The van der Waals surface area contributed by atoms with Crippen molar-refractivity contribution in [2.24, 2.45) is 0 Å². The summed E-state index contributed by atoms with van der Waals surface area (Å²) in [5.41, 5.74) is 3.05. The predicted octanol–water partition coefficient (Wildman–Crippen LogP) is 2.35. The zero-order valence-corrected chi connectivity index (χ0v) is 11.6. The molecule has 0 N–H and O–H groups in total. The molecule has 0 aliphatic rings. The van der Waals surface area contributed by atoms with E-state index in [1.54, 1.807) is 13.2 Å². The minimum atomic E-state index is -0.360. The molecule has 0 spiro atoms. The van der Waals surface area contributed by atoms with Crippen molar-refractivity contribution in [3.8, 4) is 17.2 Å². The molecule has 0 amide bonds. The average molecular weight is 283 g/mol. The Bertz CT molecular complexity index is 902. The second-order valence-electron chi connectivity index (χ2n) is 4.78. The number of nitrogens with zero attached hydrogens (tertiary/aromatic N) is 3. The van der Waals surface area contributed by atoms with E-state index in [1.807, 2.05) is 50.5 Å². The number of hydrogen-bond donors (Lipinski definition) is 0. The Kier molecular flexibility index (Phi) is 2.29. The lowest BCUT2D eigenvalue weighted by molar-refractivity contribution is -0.131. The molecule has 2 heterocycles. The van der Waals surface area contributed by atoms with Crippen molar-refractivity contribution >= 4 is 17.0 Å². The molecular weight excluding hydrogens is 270 g/mol. The predicted molar refractivity (Wildman–Crippen MR) is 76.7 cm³/mol. The number of hydrogen-bond acceptors (Lipinski definition) is 3. The summed E-state index contributed by atoms with van der Waals surface area (Å²) in [6.45, 7) is 1.38. The largest absolute Gasteiger partial charge is 0.497 e. The van der Waals surface area contributed by atoms with E-state index < -0.39 is 0 Å². The van der Waals surface area contributed by atoms with E-state index in [0.29, 0.717) is 11.5 Å². The van der Waals surface area contributed by atoms with Gasteiger partial charge < -0.3 is 9.47 Å². The second-order valence-corrected chi connectivity index (χ2v) is 4.78. The molecule has 6 heteroatoms. The van der Waals surface area contributed by atoms with Crippen LogP contribution in [0, 0.1) is 0 Å². The molecule has 21 heavy (non-hydrogen) atoms. The van der Waals surface area contributed by atoms with Crippen LogP contribution in [0.5, 0.6) is 11.5 Å². The van der Waals surface area contributed by atoms with Crippen molar-refractivity contribution in [1.82, 2.24) is 14.1 Å². The number of carbonyl (C=O) groups excluding carboxylic acids is 1. The molecule has 0 fully saturated rings. The van der Waals surface area contributed by atoms with Crippen LogP contribution in [-0.2, 0) is 4.79 Å². The van der Waals surface area contributed by atoms with Crippen LogP contribution in [0.4, 0.5) is 0 Å². The topological polar surface area (TPSA) is 49.3 Å². The lowest BCUT2D eigenvalue weighted by atomic mass is 10.3. The number of aromatic nitrogens is 3. The van der Waals surface area contributed by atoms with Gasteiger partial charge in [-0.25, -0.2) is 0 Å². The third kappa shape index (κ3) is 1.62. The summed E-state index contributed by atoms with van der Waals surface area (Å²) >= 11 is 0. The van der Waals surface area contributed by atoms with Crippen molar-refractivity contribution in [3.63, 3.8) is 0 Å². The number of rotatable bonds is 3. The van der Waals surface area contributed by atoms with Crippen molar-refractivity contribution in [1.29, 1.82) is 0 Å². The van der Waals surface area contributed by atoms with E-state index in [1.165, 1.54) is 6.92 Å². The molecule has 4 aromatic rings. The number of methoxy groups -OCH3 is 1. The number of benzene rings is 2. The average Bonchev–Trinajstić information content (AvgIpc) is 3.12. The van der Waals surface area contributed by atoms with Crippen molar-refractivity contribution in [3.05, 3.63) is 42.5 Å². The molecule has 2 aromatic carbocycles. The van der Waals surface area contributed by atoms with Crippen LogP contribution in [0.3, 0.4) is 0 Å². The lowest BCUT2D eigenvalue weighted by Gasteiger charge is -2.07. The highest BCUT2D eigenvalue weighted by atomic mass is 16.5. The molecule has 2 aromatic heterocycles. The molecule has 0 aliphatic heterocycles. The second kappa shape index (κ2) is 4.05. The third-order valence-electron chi connectivity index (χ3n) is 3.46. The Morgan fingerprint density at radius 3 is 2.29 bits per heavy atom. The van der Waals surface area contributed by atoms with Crippen LogP contribution in [-0.4, -0.2) is 27.1 Å². The molecule has 0 radical (unpaired) electrons. The zero-order chi connectivity index (χ0) is 14.6. The quantitative estimate of drug-likeness (QED) is 0.428. The van der Waals surface area contributed by atoms with Gasteiger partial charge in [0.05, 0.1) is 7.11 Å². The van der Waals surface area contributed by atoms with Gasteiger partial charge in [0.1, 0.15) is 22.5 Å². The maximum absolute atomic E-state index is 11.3. The molecule has 0 saturated heterocycles.